The van der Waals surface area contributed by atoms with E-state index >= 15 is 0 Å². The Hall–Kier alpha value is -3.72. The number of aromatic amines is 1. The number of fused-ring (bicyclic) bond motifs is 1. The largest absolute Gasteiger partial charge is 0.382 e. The van der Waals surface area contributed by atoms with Gasteiger partial charge in [-0.05, 0) is 50.6 Å². The molecule has 0 saturated carbocycles. The van der Waals surface area contributed by atoms with E-state index in [0.717, 1.165) is 42.0 Å². The number of hydrogen-bond donors (Lipinski definition) is 4. The average molecular weight is 416 g/mol. The van der Waals surface area contributed by atoms with Gasteiger partial charge in [-0.1, -0.05) is 0 Å². The van der Waals surface area contributed by atoms with E-state index in [1.54, 1.807) is 0 Å². The highest BCUT2D eigenvalue weighted by Crippen LogP contribution is 2.30. The number of nitrogens with one attached hydrogen (secondary N) is 3. The van der Waals surface area contributed by atoms with Crippen LogP contribution in [-0.4, -0.2) is 49.4 Å². The highest BCUT2D eigenvalue weighted by molar-refractivity contribution is 5.98. The zero-order valence-corrected chi connectivity index (χ0v) is 17.2. The summed E-state index contributed by atoms with van der Waals surface area (Å²) in [7, 11) is 0. The third kappa shape index (κ3) is 3.64. The van der Waals surface area contributed by atoms with Crippen LogP contribution in [0.15, 0.2) is 42.9 Å². The van der Waals surface area contributed by atoms with Crippen LogP contribution in [0.2, 0.25) is 0 Å². The Balaban J connectivity index is 1.57. The molecule has 1 fully saturated rings. The van der Waals surface area contributed by atoms with Crippen LogP contribution >= 0.6 is 0 Å². The Bertz CT molecular complexity index is 1240. The van der Waals surface area contributed by atoms with Crippen LogP contribution in [0.5, 0.6) is 0 Å². The number of carbonyl (C=O) groups excluding carboxylic acids is 1. The van der Waals surface area contributed by atoms with Crippen molar-refractivity contribution < 1.29 is 4.79 Å². The number of aryl methyl sites for hydroxylation is 1. The maximum Gasteiger partial charge on any atom is 0.273 e. The van der Waals surface area contributed by atoms with Gasteiger partial charge < -0.3 is 25.8 Å². The van der Waals surface area contributed by atoms with E-state index in [2.05, 4.69) is 25.6 Å². The van der Waals surface area contributed by atoms with Crippen molar-refractivity contribution >= 4 is 17.4 Å². The van der Waals surface area contributed by atoms with Crippen LogP contribution < -0.4 is 16.4 Å². The summed E-state index contributed by atoms with van der Waals surface area (Å²) < 4.78 is 1.98. The number of nitrogens with zero attached hydrogens (tertiary/aromatic N) is 4. The predicted molar refractivity (Wildman–Crippen MR) is 119 cm³/mol. The molecule has 9 heteroatoms. The molecule has 5 N–H and O–H groups in total. The van der Waals surface area contributed by atoms with Crippen molar-refractivity contribution in [2.75, 3.05) is 18.8 Å². The van der Waals surface area contributed by atoms with E-state index in [1.165, 1.54) is 0 Å². The number of hydrogen-bond acceptors (Lipinski definition) is 6. The zero-order chi connectivity index (χ0) is 21.4. The number of rotatable bonds is 5. The van der Waals surface area contributed by atoms with E-state index in [0.29, 0.717) is 17.9 Å². The van der Waals surface area contributed by atoms with Crippen LogP contribution in [0, 0.1) is 6.92 Å². The molecule has 1 atom stereocenters. The van der Waals surface area contributed by atoms with E-state index < -0.39 is 0 Å². The smallest absolute Gasteiger partial charge is 0.273 e. The molecule has 158 valence electrons. The molecule has 0 bridgehead atoms. The van der Waals surface area contributed by atoms with E-state index in [4.69, 9.17) is 10.7 Å². The molecule has 1 amide bonds. The maximum atomic E-state index is 12.9. The molecule has 31 heavy (non-hydrogen) atoms. The lowest BCUT2D eigenvalue weighted by Gasteiger charge is -2.14. The number of anilines is 1. The molecular formula is C22H24N8O. The number of nitrogens with two attached hydrogens (primary N) is 1. The van der Waals surface area contributed by atoms with Gasteiger partial charge in [0.25, 0.3) is 5.91 Å². The van der Waals surface area contributed by atoms with Gasteiger partial charge >= 0.3 is 0 Å². The van der Waals surface area contributed by atoms with E-state index in [1.807, 2.05) is 54.2 Å². The number of aromatic nitrogens is 5. The fourth-order valence-corrected chi connectivity index (χ4v) is 3.96. The van der Waals surface area contributed by atoms with Crippen molar-refractivity contribution in [3.05, 3.63) is 54.2 Å². The van der Waals surface area contributed by atoms with Crippen molar-refractivity contribution in [3.63, 3.8) is 0 Å². The molecule has 5 heterocycles. The van der Waals surface area contributed by atoms with Crippen LogP contribution in [0.3, 0.4) is 0 Å². The summed E-state index contributed by atoms with van der Waals surface area (Å²) in [4.78, 5) is 29.7. The van der Waals surface area contributed by atoms with Crippen molar-refractivity contribution in [1.29, 1.82) is 0 Å². The fourth-order valence-electron chi connectivity index (χ4n) is 3.96. The second-order valence-electron chi connectivity index (χ2n) is 7.79. The molecule has 1 aliphatic rings. The SMILES string of the molecule is Cc1cnc2ccc(-c3nc(C(=O)NC[C@H]4CCCN4)c(N)nc3-c3ccc[nH]3)cn12. The monoisotopic (exact) mass is 416 g/mol. The molecule has 1 aliphatic heterocycles. The summed E-state index contributed by atoms with van der Waals surface area (Å²) in [6, 6.07) is 7.92. The number of nitrogen functional groups attached to an aromatic ring is 1. The minimum atomic E-state index is -0.321. The van der Waals surface area contributed by atoms with Gasteiger partial charge in [0.1, 0.15) is 17.0 Å². The second kappa shape index (κ2) is 7.84. The predicted octanol–water partition coefficient (Wildman–Crippen LogP) is 2.16. The Morgan fingerprint density at radius 3 is 2.97 bits per heavy atom. The fraction of sp³-hybridized carbons (Fsp3) is 0.273. The highest BCUT2D eigenvalue weighted by Gasteiger charge is 2.22. The van der Waals surface area contributed by atoms with Gasteiger partial charge in [0.2, 0.25) is 0 Å². The molecule has 0 aliphatic carbocycles. The summed E-state index contributed by atoms with van der Waals surface area (Å²) in [6.07, 6.45) is 7.75. The zero-order valence-electron chi connectivity index (χ0n) is 17.2. The number of carbonyl (C=O) groups is 1. The minimum absolute atomic E-state index is 0.102. The molecule has 0 aromatic carbocycles. The summed E-state index contributed by atoms with van der Waals surface area (Å²) in [6.45, 7) is 3.50. The topological polar surface area (TPSA) is 126 Å². The summed E-state index contributed by atoms with van der Waals surface area (Å²) in [5.41, 5.74) is 10.9. The first-order valence-electron chi connectivity index (χ1n) is 10.4. The van der Waals surface area contributed by atoms with Gasteiger partial charge in [-0.2, -0.15) is 0 Å². The molecule has 1 saturated heterocycles. The highest BCUT2D eigenvalue weighted by atomic mass is 16.1. The number of pyridine rings is 1. The lowest BCUT2D eigenvalue weighted by Crippen LogP contribution is -2.37. The molecule has 4 aromatic rings. The Labute approximate surface area is 179 Å². The average Bonchev–Trinajstić information content (AvgIpc) is 3.55. The first-order valence-corrected chi connectivity index (χ1v) is 10.4. The third-order valence-corrected chi connectivity index (χ3v) is 5.63. The van der Waals surface area contributed by atoms with Gasteiger partial charge in [-0.3, -0.25) is 4.79 Å². The van der Waals surface area contributed by atoms with Crippen LogP contribution in [0.1, 0.15) is 29.0 Å². The number of H-pyrrole nitrogens is 1. The second-order valence-corrected chi connectivity index (χ2v) is 7.79. The van der Waals surface area contributed by atoms with Crippen LogP contribution in [0.4, 0.5) is 5.82 Å². The van der Waals surface area contributed by atoms with Crippen molar-refractivity contribution in [3.8, 4) is 22.6 Å². The van der Waals surface area contributed by atoms with Gasteiger partial charge in [-0.15, -0.1) is 0 Å². The lowest BCUT2D eigenvalue weighted by atomic mass is 10.1. The first kappa shape index (κ1) is 19.3. The van der Waals surface area contributed by atoms with Crippen molar-refractivity contribution in [2.45, 2.75) is 25.8 Å². The summed E-state index contributed by atoms with van der Waals surface area (Å²) in [5, 5.41) is 6.31. The van der Waals surface area contributed by atoms with Crippen molar-refractivity contribution in [1.82, 2.24) is 35.0 Å². The molecule has 4 aromatic heterocycles. The molecule has 0 spiro atoms. The van der Waals surface area contributed by atoms with Gasteiger partial charge in [-0.25, -0.2) is 15.0 Å². The van der Waals surface area contributed by atoms with Gasteiger partial charge in [0, 0.05) is 42.4 Å². The van der Waals surface area contributed by atoms with E-state index in [-0.39, 0.29) is 23.5 Å². The molecule has 0 radical (unpaired) electrons. The first-order chi connectivity index (χ1) is 15.1. The standard InChI is InChI=1S/C22H24N8O/c1-13-10-26-17-7-6-14(12-30(13)17)18-19(16-5-3-9-25-16)29-21(23)20(28-18)22(31)27-11-15-4-2-8-24-15/h3,5-7,9-10,12,15,24-25H,2,4,8,11H2,1H3,(H2,23,29)(H,27,31)/t15-/m1/s1. The normalized spacial score (nSPS) is 16.1. The quantitative estimate of drug-likeness (QED) is 0.395. The van der Waals surface area contributed by atoms with Gasteiger partial charge in [0.15, 0.2) is 11.5 Å². The maximum absolute atomic E-state index is 12.9. The molecule has 5 rings (SSSR count). The van der Waals surface area contributed by atoms with E-state index in [9.17, 15) is 4.79 Å². The lowest BCUT2D eigenvalue weighted by molar-refractivity contribution is 0.0946. The number of amides is 1. The summed E-state index contributed by atoms with van der Waals surface area (Å²) >= 11 is 0. The molecule has 0 unspecified atom stereocenters. The molecule has 9 nitrogen and oxygen atoms in total. The molecular weight excluding hydrogens is 392 g/mol. The van der Waals surface area contributed by atoms with Gasteiger partial charge in [0.05, 0.1) is 5.69 Å². The van der Waals surface area contributed by atoms with Crippen LogP contribution in [-0.2, 0) is 0 Å². The summed E-state index contributed by atoms with van der Waals surface area (Å²) in [5.74, 6) is -0.219. The Morgan fingerprint density at radius 1 is 1.29 bits per heavy atom. The Morgan fingerprint density at radius 2 is 2.19 bits per heavy atom. The number of imidazole rings is 1. The third-order valence-electron chi connectivity index (χ3n) is 5.63. The Kier molecular flexibility index (Phi) is 4.87. The van der Waals surface area contributed by atoms with Crippen molar-refractivity contribution in [2.24, 2.45) is 0 Å². The minimum Gasteiger partial charge on any atom is -0.382 e. The van der Waals surface area contributed by atoms with Crippen LogP contribution in [0.25, 0.3) is 28.3 Å².